The summed E-state index contributed by atoms with van der Waals surface area (Å²) in [7, 11) is 0. The van der Waals surface area contributed by atoms with E-state index in [2.05, 4.69) is 4.98 Å². The molecule has 3 nitrogen and oxygen atoms in total. The molecule has 0 aliphatic heterocycles. The summed E-state index contributed by atoms with van der Waals surface area (Å²) >= 11 is 0. The summed E-state index contributed by atoms with van der Waals surface area (Å²) in [5.74, 6) is -0.00841. The second-order valence-corrected chi connectivity index (χ2v) is 5.24. The van der Waals surface area contributed by atoms with Gasteiger partial charge in [0.15, 0.2) is 11.4 Å². The lowest BCUT2D eigenvalue weighted by atomic mass is 10.0. The predicted molar refractivity (Wildman–Crippen MR) is 87.0 cm³/mol. The number of hydrogen-bond acceptors (Lipinski definition) is 3. The summed E-state index contributed by atoms with van der Waals surface area (Å²) in [5, 5.41) is 0.875. The molecule has 2 heterocycles. The number of nitrogens with zero attached hydrogens (tertiary/aromatic N) is 1. The van der Waals surface area contributed by atoms with Gasteiger partial charge >= 0.3 is 0 Å². The molecule has 0 bridgehead atoms. The highest BCUT2D eigenvalue weighted by molar-refractivity contribution is 6.13. The van der Waals surface area contributed by atoms with Crippen LogP contribution in [0.4, 0.5) is 0 Å². The Bertz CT molecular complexity index is 1000. The smallest absolute Gasteiger partial charge is 0.163 e. The van der Waals surface area contributed by atoms with Crippen molar-refractivity contribution in [3.8, 4) is 11.1 Å². The summed E-state index contributed by atoms with van der Waals surface area (Å²) in [6.45, 7) is 1.55. The molecule has 0 aliphatic carbocycles. The summed E-state index contributed by atoms with van der Waals surface area (Å²) in [4.78, 5) is 16.3. The number of pyridine rings is 1. The average molecular weight is 287 g/mol. The third-order valence-electron chi connectivity index (χ3n) is 3.84. The van der Waals surface area contributed by atoms with Gasteiger partial charge < -0.3 is 4.42 Å². The molecule has 4 rings (SSSR count). The Morgan fingerprint density at radius 2 is 1.77 bits per heavy atom. The van der Waals surface area contributed by atoms with Gasteiger partial charge in [-0.05, 0) is 30.7 Å². The SMILES string of the molecule is CC(=O)c1cccc2c1oc1c(-c3ccccc3)ccnc12. The molecule has 0 atom stereocenters. The third-order valence-corrected chi connectivity index (χ3v) is 3.84. The standard InChI is InChI=1S/C19H13NO2/c1-12(21)14-8-5-9-16-17-19(22-18(14)16)15(10-11-20-17)13-6-3-2-4-7-13/h2-11H,1H3. The van der Waals surface area contributed by atoms with Gasteiger partial charge in [0.05, 0.1) is 5.56 Å². The topological polar surface area (TPSA) is 43.1 Å². The molecule has 0 aliphatic rings. The maximum Gasteiger partial charge on any atom is 0.163 e. The number of carbonyl (C=O) groups excluding carboxylic acids is 1. The highest BCUT2D eigenvalue weighted by Gasteiger charge is 2.16. The zero-order valence-electron chi connectivity index (χ0n) is 12.0. The Balaban J connectivity index is 2.12. The van der Waals surface area contributed by atoms with Gasteiger partial charge in [-0.15, -0.1) is 0 Å². The highest BCUT2D eigenvalue weighted by Crippen LogP contribution is 2.35. The first-order valence-corrected chi connectivity index (χ1v) is 7.12. The van der Waals surface area contributed by atoms with Gasteiger partial charge in [0.2, 0.25) is 0 Å². The van der Waals surface area contributed by atoms with Gasteiger partial charge in [-0.3, -0.25) is 9.78 Å². The summed E-state index contributed by atoms with van der Waals surface area (Å²) in [6, 6.07) is 17.6. The number of rotatable bonds is 2. The molecule has 2 aromatic carbocycles. The number of carbonyl (C=O) groups is 1. The second kappa shape index (κ2) is 4.81. The molecule has 0 unspecified atom stereocenters. The molecule has 22 heavy (non-hydrogen) atoms. The van der Waals surface area contributed by atoms with Gasteiger partial charge in [0.25, 0.3) is 0 Å². The Kier molecular flexibility index (Phi) is 2.79. The Morgan fingerprint density at radius 1 is 0.955 bits per heavy atom. The molecule has 0 amide bonds. The van der Waals surface area contributed by atoms with Crippen molar-refractivity contribution >= 4 is 27.9 Å². The normalized spacial score (nSPS) is 11.1. The molecule has 3 heteroatoms. The number of furan rings is 1. The fourth-order valence-corrected chi connectivity index (χ4v) is 2.80. The van der Waals surface area contributed by atoms with E-state index in [1.807, 2.05) is 48.5 Å². The van der Waals surface area contributed by atoms with Crippen molar-refractivity contribution in [1.29, 1.82) is 0 Å². The summed E-state index contributed by atoms with van der Waals surface area (Å²) in [6.07, 6.45) is 1.78. The summed E-state index contributed by atoms with van der Waals surface area (Å²) in [5.41, 5.74) is 4.77. The van der Waals surface area contributed by atoms with Crippen LogP contribution in [0.25, 0.3) is 33.2 Å². The maximum atomic E-state index is 11.8. The molecule has 0 fully saturated rings. The van der Waals surface area contributed by atoms with E-state index in [4.69, 9.17) is 4.42 Å². The summed E-state index contributed by atoms with van der Waals surface area (Å²) < 4.78 is 6.05. The van der Waals surface area contributed by atoms with Gasteiger partial charge in [0.1, 0.15) is 11.1 Å². The van der Waals surface area contributed by atoms with Crippen LogP contribution in [0.5, 0.6) is 0 Å². The highest BCUT2D eigenvalue weighted by atomic mass is 16.3. The van der Waals surface area contributed by atoms with Crippen LogP contribution in [-0.4, -0.2) is 10.8 Å². The van der Waals surface area contributed by atoms with Crippen molar-refractivity contribution in [2.75, 3.05) is 0 Å². The number of hydrogen-bond donors (Lipinski definition) is 0. The van der Waals surface area contributed by atoms with Crippen molar-refractivity contribution in [3.05, 3.63) is 66.4 Å². The van der Waals surface area contributed by atoms with Crippen LogP contribution in [0.1, 0.15) is 17.3 Å². The van der Waals surface area contributed by atoms with E-state index in [0.29, 0.717) is 11.1 Å². The van der Waals surface area contributed by atoms with E-state index >= 15 is 0 Å². The van der Waals surface area contributed by atoms with E-state index < -0.39 is 0 Å². The van der Waals surface area contributed by atoms with Crippen molar-refractivity contribution in [2.24, 2.45) is 0 Å². The molecule has 0 radical (unpaired) electrons. The number of ketones is 1. The number of para-hydroxylation sites is 1. The van der Waals surface area contributed by atoms with Gasteiger partial charge in [0, 0.05) is 17.1 Å². The van der Waals surface area contributed by atoms with Crippen molar-refractivity contribution in [3.63, 3.8) is 0 Å². The third kappa shape index (κ3) is 1.83. The largest absolute Gasteiger partial charge is 0.453 e. The maximum absolute atomic E-state index is 11.8. The molecule has 0 saturated carbocycles. The van der Waals surface area contributed by atoms with Gasteiger partial charge in [-0.1, -0.05) is 36.4 Å². The minimum Gasteiger partial charge on any atom is -0.453 e. The molecule has 0 N–H and O–H groups in total. The quantitative estimate of drug-likeness (QED) is 0.495. The Morgan fingerprint density at radius 3 is 2.55 bits per heavy atom. The number of benzene rings is 2. The first kappa shape index (κ1) is 12.8. The van der Waals surface area contributed by atoms with Crippen molar-refractivity contribution in [1.82, 2.24) is 4.98 Å². The fourth-order valence-electron chi connectivity index (χ4n) is 2.80. The van der Waals surface area contributed by atoms with E-state index in [9.17, 15) is 4.79 Å². The lowest BCUT2D eigenvalue weighted by Crippen LogP contribution is -1.91. The van der Waals surface area contributed by atoms with E-state index in [1.165, 1.54) is 0 Å². The Labute approximate surface area is 127 Å². The molecule has 106 valence electrons. The van der Waals surface area contributed by atoms with Crippen molar-refractivity contribution in [2.45, 2.75) is 6.92 Å². The lowest BCUT2D eigenvalue weighted by molar-refractivity contribution is 0.101. The lowest BCUT2D eigenvalue weighted by Gasteiger charge is -2.01. The van der Waals surface area contributed by atoms with Crippen LogP contribution in [0.15, 0.2) is 65.2 Å². The van der Waals surface area contributed by atoms with Crippen LogP contribution in [0.2, 0.25) is 0 Å². The van der Waals surface area contributed by atoms with Crippen molar-refractivity contribution < 1.29 is 9.21 Å². The molecule has 2 aromatic heterocycles. The van der Waals surface area contributed by atoms with Crippen LogP contribution in [0.3, 0.4) is 0 Å². The number of aromatic nitrogens is 1. The first-order chi connectivity index (χ1) is 10.8. The molecular weight excluding hydrogens is 274 g/mol. The average Bonchev–Trinajstić information content (AvgIpc) is 2.94. The molecule has 0 spiro atoms. The van der Waals surface area contributed by atoms with Crippen LogP contribution < -0.4 is 0 Å². The minimum atomic E-state index is -0.00841. The van der Waals surface area contributed by atoms with E-state index in [0.717, 1.165) is 27.6 Å². The van der Waals surface area contributed by atoms with Crippen LogP contribution >= 0.6 is 0 Å². The number of fused-ring (bicyclic) bond motifs is 3. The zero-order chi connectivity index (χ0) is 15.1. The fraction of sp³-hybridized carbons (Fsp3) is 0.0526. The van der Waals surface area contributed by atoms with Crippen LogP contribution in [-0.2, 0) is 0 Å². The zero-order valence-corrected chi connectivity index (χ0v) is 12.0. The minimum absolute atomic E-state index is 0.00841. The first-order valence-electron chi connectivity index (χ1n) is 7.12. The predicted octanol–water partition coefficient (Wildman–Crippen LogP) is 4.85. The number of Topliss-reactive ketones (excluding diaryl/α,β-unsaturated/α-hetero) is 1. The van der Waals surface area contributed by atoms with E-state index in [-0.39, 0.29) is 5.78 Å². The molecule has 4 aromatic rings. The second-order valence-electron chi connectivity index (χ2n) is 5.24. The molecular formula is C19H13NO2. The molecule has 0 saturated heterocycles. The van der Waals surface area contributed by atoms with Gasteiger partial charge in [-0.2, -0.15) is 0 Å². The van der Waals surface area contributed by atoms with Gasteiger partial charge in [-0.25, -0.2) is 0 Å². The van der Waals surface area contributed by atoms with E-state index in [1.54, 1.807) is 19.2 Å². The Hall–Kier alpha value is -2.94. The van der Waals surface area contributed by atoms with Crippen LogP contribution in [0, 0.1) is 0 Å². The monoisotopic (exact) mass is 287 g/mol.